The quantitative estimate of drug-likeness (QED) is 0.342. The first-order valence-electron chi connectivity index (χ1n) is 5.48. The lowest BCUT2D eigenvalue weighted by atomic mass is 10.3. The van der Waals surface area contributed by atoms with Crippen LogP contribution in [0.25, 0.3) is 0 Å². The normalized spacial score (nSPS) is 12.7. The molecule has 0 aliphatic carbocycles. The highest BCUT2D eigenvalue weighted by Gasteiger charge is 2.20. The van der Waals surface area contributed by atoms with Crippen LogP contribution in [0.5, 0.6) is 5.75 Å². The molecule has 1 rings (SSSR count). The summed E-state index contributed by atoms with van der Waals surface area (Å²) < 4.78 is 30.5. The highest BCUT2D eigenvalue weighted by molar-refractivity contribution is 7.89. The molecule has 0 heterocycles. The average Bonchev–Trinajstić information content (AvgIpc) is 2.44. The van der Waals surface area contributed by atoms with Gasteiger partial charge in [-0.2, -0.15) is 0 Å². The zero-order chi connectivity index (χ0) is 14.5. The van der Waals surface area contributed by atoms with Crippen molar-refractivity contribution < 1.29 is 18.4 Å². The molecule has 0 bridgehead atoms. The first kappa shape index (κ1) is 15.3. The smallest absolute Gasteiger partial charge is 0.242 e. The number of nitrogens with zero attached hydrogens (tertiary/aromatic N) is 2. The second-order valence-electron chi connectivity index (χ2n) is 3.84. The lowest BCUT2D eigenvalue weighted by Gasteiger charge is -2.16. The number of hydrogen-bond acceptors (Lipinski definition) is 5. The van der Waals surface area contributed by atoms with Gasteiger partial charge in [0.1, 0.15) is 11.6 Å². The van der Waals surface area contributed by atoms with Crippen molar-refractivity contribution in [1.82, 2.24) is 4.31 Å². The Hall–Kier alpha value is -1.80. The third-order valence-corrected chi connectivity index (χ3v) is 4.45. The van der Waals surface area contributed by atoms with Crippen LogP contribution in [0.3, 0.4) is 0 Å². The number of methoxy groups -OCH3 is 1. The maximum atomic E-state index is 12.2. The van der Waals surface area contributed by atoms with E-state index in [1.165, 1.54) is 26.3 Å². The van der Waals surface area contributed by atoms with Crippen LogP contribution in [0.15, 0.2) is 34.3 Å². The summed E-state index contributed by atoms with van der Waals surface area (Å²) in [6.07, 6.45) is 0.155. The van der Waals surface area contributed by atoms with E-state index in [9.17, 15) is 8.42 Å². The Morgan fingerprint density at radius 2 is 2.00 bits per heavy atom. The van der Waals surface area contributed by atoms with E-state index in [-0.39, 0.29) is 23.7 Å². The Labute approximate surface area is 112 Å². The number of oxime groups is 1. The molecule has 8 heteroatoms. The molecule has 0 aromatic heterocycles. The number of ether oxygens (including phenoxy) is 1. The summed E-state index contributed by atoms with van der Waals surface area (Å²) in [5, 5.41) is 11.2. The molecule has 19 heavy (non-hydrogen) atoms. The van der Waals surface area contributed by atoms with E-state index < -0.39 is 10.0 Å². The summed E-state index contributed by atoms with van der Waals surface area (Å²) in [7, 11) is -0.641. The van der Waals surface area contributed by atoms with Crippen molar-refractivity contribution in [3.8, 4) is 5.75 Å². The van der Waals surface area contributed by atoms with Crippen molar-refractivity contribution in [3.05, 3.63) is 24.3 Å². The molecule has 7 nitrogen and oxygen atoms in total. The fourth-order valence-corrected chi connectivity index (χ4v) is 2.54. The van der Waals surface area contributed by atoms with E-state index in [0.29, 0.717) is 5.75 Å². The molecule has 0 radical (unpaired) electrons. The van der Waals surface area contributed by atoms with E-state index in [4.69, 9.17) is 15.7 Å². The van der Waals surface area contributed by atoms with Gasteiger partial charge in [-0.25, -0.2) is 12.7 Å². The van der Waals surface area contributed by atoms with Gasteiger partial charge >= 0.3 is 0 Å². The van der Waals surface area contributed by atoms with E-state index in [0.717, 1.165) is 4.31 Å². The molecule has 0 saturated heterocycles. The molecule has 106 valence electrons. The summed E-state index contributed by atoms with van der Waals surface area (Å²) in [6, 6.07) is 6.08. The standard InChI is InChI=1S/C11H17N3O4S/c1-14(8-7-11(12)13-15)19(16,17)10-5-3-9(18-2)4-6-10/h3-6,15H,7-8H2,1-2H3,(H2,12,13). The third-order valence-electron chi connectivity index (χ3n) is 2.58. The summed E-state index contributed by atoms with van der Waals surface area (Å²) in [4.78, 5) is 0.162. The molecule has 3 N–H and O–H groups in total. The van der Waals surface area contributed by atoms with Crippen LogP contribution >= 0.6 is 0 Å². The molecule has 0 amide bonds. The van der Waals surface area contributed by atoms with E-state index >= 15 is 0 Å². The highest BCUT2D eigenvalue weighted by Crippen LogP contribution is 2.18. The molecular formula is C11H17N3O4S. The van der Waals surface area contributed by atoms with Crippen LogP contribution in [0.4, 0.5) is 0 Å². The van der Waals surface area contributed by atoms with Crippen LogP contribution in [-0.4, -0.2) is 44.5 Å². The van der Waals surface area contributed by atoms with Crippen molar-refractivity contribution in [1.29, 1.82) is 0 Å². The van der Waals surface area contributed by atoms with Crippen molar-refractivity contribution in [2.45, 2.75) is 11.3 Å². The Kier molecular flexibility index (Phi) is 5.13. The van der Waals surface area contributed by atoms with Gasteiger partial charge in [0.2, 0.25) is 10.0 Å². The van der Waals surface area contributed by atoms with Gasteiger partial charge in [0, 0.05) is 20.0 Å². The molecular weight excluding hydrogens is 270 g/mol. The number of nitrogens with two attached hydrogens (primary N) is 1. The monoisotopic (exact) mass is 287 g/mol. The molecule has 0 spiro atoms. The van der Waals surface area contributed by atoms with Crippen molar-refractivity contribution in [3.63, 3.8) is 0 Å². The molecule has 0 aliphatic rings. The fraction of sp³-hybridized carbons (Fsp3) is 0.364. The number of benzene rings is 1. The Bertz CT molecular complexity index is 540. The zero-order valence-corrected chi connectivity index (χ0v) is 11.6. The predicted octanol–water partition coefficient (Wildman–Crippen LogP) is 0.452. The van der Waals surface area contributed by atoms with Gasteiger partial charge in [0.15, 0.2) is 0 Å². The van der Waals surface area contributed by atoms with Crippen LogP contribution in [-0.2, 0) is 10.0 Å². The third kappa shape index (κ3) is 3.83. The van der Waals surface area contributed by atoms with Gasteiger partial charge in [0.05, 0.1) is 12.0 Å². The van der Waals surface area contributed by atoms with Gasteiger partial charge in [0.25, 0.3) is 0 Å². The number of rotatable bonds is 6. The van der Waals surface area contributed by atoms with Gasteiger partial charge in [-0.05, 0) is 24.3 Å². The molecule has 0 unspecified atom stereocenters. The largest absolute Gasteiger partial charge is 0.497 e. The average molecular weight is 287 g/mol. The van der Waals surface area contributed by atoms with Crippen LogP contribution in [0.1, 0.15) is 6.42 Å². The minimum Gasteiger partial charge on any atom is -0.497 e. The first-order chi connectivity index (χ1) is 8.91. The summed E-state index contributed by atoms with van der Waals surface area (Å²) in [5.41, 5.74) is 5.30. The van der Waals surface area contributed by atoms with Crippen molar-refractivity contribution in [2.75, 3.05) is 20.7 Å². The van der Waals surface area contributed by atoms with Crippen molar-refractivity contribution in [2.24, 2.45) is 10.9 Å². The SMILES string of the molecule is COc1ccc(S(=O)(=O)N(C)CC/C(N)=N/O)cc1. The zero-order valence-electron chi connectivity index (χ0n) is 10.8. The maximum absolute atomic E-state index is 12.2. The van der Waals surface area contributed by atoms with Gasteiger partial charge in [-0.3, -0.25) is 0 Å². The minimum absolute atomic E-state index is 0.0169. The first-order valence-corrected chi connectivity index (χ1v) is 6.92. The second kappa shape index (κ2) is 6.39. The topological polar surface area (TPSA) is 105 Å². The molecule has 0 atom stereocenters. The van der Waals surface area contributed by atoms with Gasteiger partial charge in [-0.15, -0.1) is 0 Å². The Balaban J connectivity index is 2.84. The molecule has 0 fully saturated rings. The Morgan fingerprint density at radius 1 is 1.42 bits per heavy atom. The number of hydrogen-bond donors (Lipinski definition) is 2. The summed E-state index contributed by atoms with van der Waals surface area (Å²) in [5.74, 6) is 0.565. The summed E-state index contributed by atoms with van der Waals surface area (Å²) in [6.45, 7) is 0.129. The maximum Gasteiger partial charge on any atom is 0.242 e. The van der Waals surface area contributed by atoms with Crippen LogP contribution in [0.2, 0.25) is 0 Å². The van der Waals surface area contributed by atoms with Gasteiger partial charge < -0.3 is 15.7 Å². The van der Waals surface area contributed by atoms with Crippen LogP contribution < -0.4 is 10.5 Å². The fourth-order valence-electron chi connectivity index (χ4n) is 1.37. The highest BCUT2D eigenvalue weighted by atomic mass is 32.2. The molecule has 1 aromatic carbocycles. The lowest BCUT2D eigenvalue weighted by molar-refractivity contribution is 0.316. The molecule has 0 aliphatic heterocycles. The Morgan fingerprint density at radius 3 is 2.47 bits per heavy atom. The van der Waals surface area contributed by atoms with Crippen LogP contribution in [0, 0.1) is 0 Å². The molecule has 1 aromatic rings. The minimum atomic E-state index is -3.58. The van der Waals surface area contributed by atoms with E-state index in [2.05, 4.69) is 5.16 Å². The van der Waals surface area contributed by atoms with Gasteiger partial charge in [-0.1, -0.05) is 5.16 Å². The predicted molar refractivity (Wildman–Crippen MR) is 70.8 cm³/mol. The number of sulfonamides is 1. The van der Waals surface area contributed by atoms with E-state index in [1.54, 1.807) is 12.1 Å². The van der Waals surface area contributed by atoms with E-state index in [1.807, 2.05) is 0 Å². The lowest BCUT2D eigenvalue weighted by Crippen LogP contribution is -2.30. The molecule has 0 saturated carbocycles. The van der Waals surface area contributed by atoms with Crippen molar-refractivity contribution >= 4 is 15.9 Å². The second-order valence-corrected chi connectivity index (χ2v) is 5.89. The number of amidine groups is 1. The summed E-state index contributed by atoms with van der Waals surface area (Å²) >= 11 is 0.